The van der Waals surface area contributed by atoms with E-state index in [1.54, 1.807) is 9.25 Å². The van der Waals surface area contributed by atoms with Gasteiger partial charge >= 0.3 is 0 Å². The van der Waals surface area contributed by atoms with Gasteiger partial charge in [0.05, 0.1) is 19.3 Å². The lowest BCUT2D eigenvalue weighted by Crippen LogP contribution is -2.31. The SMILES string of the molecule is O=C(COc1ccc2ccccc2c1)NCCn1ncc2c(=O)n(Cc3ccc(Br)cc3)cnc21. The molecule has 1 N–H and O–H groups in total. The van der Waals surface area contributed by atoms with Crippen molar-refractivity contribution in [1.82, 2.24) is 24.6 Å². The van der Waals surface area contributed by atoms with Crippen LogP contribution >= 0.6 is 15.9 Å². The van der Waals surface area contributed by atoms with Crippen LogP contribution in [0.1, 0.15) is 5.56 Å². The number of nitrogens with zero attached hydrogens (tertiary/aromatic N) is 4. The van der Waals surface area contributed by atoms with Gasteiger partial charge in [-0.3, -0.25) is 14.2 Å². The zero-order chi connectivity index (χ0) is 24.2. The predicted molar refractivity (Wildman–Crippen MR) is 137 cm³/mol. The number of carbonyl (C=O) groups excluding carboxylic acids is 1. The van der Waals surface area contributed by atoms with Crippen molar-refractivity contribution in [2.75, 3.05) is 13.2 Å². The molecular formula is C26H22BrN5O3. The summed E-state index contributed by atoms with van der Waals surface area (Å²) in [5, 5.41) is 9.71. The van der Waals surface area contributed by atoms with Gasteiger partial charge < -0.3 is 10.1 Å². The quantitative estimate of drug-likeness (QED) is 0.329. The molecule has 1 amide bonds. The highest BCUT2D eigenvalue weighted by Gasteiger charge is 2.11. The second kappa shape index (κ2) is 10.1. The normalized spacial score (nSPS) is 11.1. The fourth-order valence-corrected chi connectivity index (χ4v) is 4.08. The van der Waals surface area contributed by atoms with Crippen LogP contribution in [0, 0.1) is 0 Å². The van der Waals surface area contributed by atoms with Gasteiger partial charge in [0.2, 0.25) is 0 Å². The van der Waals surface area contributed by atoms with Gasteiger partial charge in [0, 0.05) is 11.0 Å². The number of hydrogen-bond acceptors (Lipinski definition) is 5. The first kappa shape index (κ1) is 22.8. The number of halogens is 1. The standard InChI is InChI=1S/C26H22BrN5O3/c27-21-8-5-18(6-9-21)15-31-17-29-25-23(26(31)34)14-30-32(25)12-11-28-24(33)16-35-22-10-7-19-3-1-2-4-20(19)13-22/h1-10,13-14,17H,11-12,15-16H2,(H,28,33). The highest BCUT2D eigenvalue weighted by molar-refractivity contribution is 9.10. The van der Waals surface area contributed by atoms with E-state index in [-0.39, 0.29) is 18.1 Å². The van der Waals surface area contributed by atoms with E-state index >= 15 is 0 Å². The minimum atomic E-state index is -0.237. The molecule has 2 heterocycles. The summed E-state index contributed by atoms with van der Waals surface area (Å²) < 4.78 is 9.78. The molecule has 0 radical (unpaired) electrons. The number of carbonyl (C=O) groups is 1. The first-order valence-corrected chi connectivity index (χ1v) is 11.9. The van der Waals surface area contributed by atoms with Gasteiger partial charge in [-0.15, -0.1) is 0 Å². The van der Waals surface area contributed by atoms with Crippen molar-refractivity contribution in [2.45, 2.75) is 13.1 Å². The van der Waals surface area contributed by atoms with Crippen molar-refractivity contribution in [3.8, 4) is 5.75 Å². The second-order valence-electron chi connectivity index (χ2n) is 8.06. The van der Waals surface area contributed by atoms with E-state index in [9.17, 15) is 9.59 Å². The van der Waals surface area contributed by atoms with Crippen LogP contribution in [-0.4, -0.2) is 38.4 Å². The molecule has 3 aromatic carbocycles. The van der Waals surface area contributed by atoms with E-state index < -0.39 is 0 Å². The summed E-state index contributed by atoms with van der Waals surface area (Å²) in [6, 6.07) is 21.5. The van der Waals surface area contributed by atoms with Crippen LogP contribution in [0.5, 0.6) is 5.75 Å². The third kappa shape index (κ3) is 5.25. The Morgan fingerprint density at radius 1 is 1.03 bits per heavy atom. The number of ether oxygens (including phenoxy) is 1. The number of hydrogen-bond donors (Lipinski definition) is 1. The maximum atomic E-state index is 12.9. The number of aromatic nitrogens is 4. The topological polar surface area (TPSA) is 91.0 Å². The van der Waals surface area contributed by atoms with Crippen molar-refractivity contribution in [1.29, 1.82) is 0 Å². The van der Waals surface area contributed by atoms with Gasteiger partial charge in [-0.1, -0.05) is 58.4 Å². The van der Waals surface area contributed by atoms with Crippen LogP contribution in [0.4, 0.5) is 0 Å². The van der Waals surface area contributed by atoms with Gasteiger partial charge in [0.1, 0.15) is 17.5 Å². The number of benzene rings is 3. The molecule has 0 aliphatic rings. The molecule has 5 rings (SSSR count). The Bertz CT molecular complexity index is 1560. The third-order valence-electron chi connectivity index (χ3n) is 5.63. The van der Waals surface area contributed by atoms with E-state index in [2.05, 4.69) is 31.3 Å². The van der Waals surface area contributed by atoms with Crippen LogP contribution in [0.3, 0.4) is 0 Å². The molecule has 2 aromatic heterocycles. The summed E-state index contributed by atoms with van der Waals surface area (Å²) in [5.74, 6) is 0.403. The summed E-state index contributed by atoms with van der Waals surface area (Å²) in [6.45, 7) is 1.06. The van der Waals surface area contributed by atoms with E-state index in [4.69, 9.17) is 4.74 Å². The molecule has 0 unspecified atom stereocenters. The van der Waals surface area contributed by atoms with Crippen LogP contribution < -0.4 is 15.6 Å². The molecule has 0 aliphatic carbocycles. The molecule has 9 heteroatoms. The molecule has 0 aliphatic heterocycles. The Hall–Kier alpha value is -3.98. The fraction of sp³-hybridized carbons (Fsp3) is 0.154. The molecule has 176 valence electrons. The predicted octanol–water partition coefficient (Wildman–Crippen LogP) is 3.75. The van der Waals surface area contributed by atoms with Gasteiger partial charge in [0.15, 0.2) is 12.3 Å². The zero-order valence-electron chi connectivity index (χ0n) is 18.7. The molecule has 0 bridgehead atoms. The molecule has 8 nitrogen and oxygen atoms in total. The minimum Gasteiger partial charge on any atom is -0.484 e. The average molecular weight is 532 g/mol. The molecule has 0 atom stereocenters. The molecule has 35 heavy (non-hydrogen) atoms. The Labute approximate surface area is 209 Å². The Morgan fingerprint density at radius 3 is 2.66 bits per heavy atom. The van der Waals surface area contributed by atoms with Crippen LogP contribution in [-0.2, 0) is 17.9 Å². The largest absolute Gasteiger partial charge is 0.484 e. The lowest BCUT2D eigenvalue weighted by atomic mass is 10.1. The number of nitrogens with one attached hydrogen (secondary N) is 1. The third-order valence-corrected chi connectivity index (χ3v) is 6.15. The van der Waals surface area contributed by atoms with Gasteiger partial charge in [0.25, 0.3) is 11.5 Å². The Kier molecular flexibility index (Phi) is 6.58. The second-order valence-corrected chi connectivity index (χ2v) is 8.97. The highest BCUT2D eigenvalue weighted by atomic mass is 79.9. The number of rotatable bonds is 8. The Balaban J connectivity index is 1.16. The van der Waals surface area contributed by atoms with Crippen molar-refractivity contribution in [2.24, 2.45) is 0 Å². The first-order valence-electron chi connectivity index (χ1n) is 11.1. The first-order chi connectivity index (χ1) is 17.1. The van der Waals surface area contributed by atoms with Gasteiger partial charge in [-0.2, -0.15) is 5.10 Å². The summed E-state index contributed by atoms with van der Waals surface area (Å²) >= 11 is 3.41. The zero-order valence-corrected chi connectivity index (χ0v) is 20.3. The van der Waals surface area contributed by atoms with Crippen molar-refractivity contribution in [3.63, 3.8) is 0 Å². The van der Waals surface area contributed by atoms with E-state index in [0.29, 0.717) is 36.4 Å². The summed E-state index contributed by atoms with van der Waals surface area (Å²) in [7, 11) is 0. The molecule has 0 saturated heterocycles. The van der Waals surface area contributed by atoms with Crippen molar-refractivity contribution in [3.05, 3.63) is 99.6 Å². The summed E-state index contributed by atoms with van der Waals surface area (Å²) in [6.07, 6.45) is 3.05. The van der Waals surface area contributed by atoms with Gasteiger partial charge in [-0.05, 0) is 40.6 Å². The maximum Gasteiger partial charge on any atom is 0.264 e. The maximum absolute atomic E-state index is 12.9. The van der Waals surface area contributed by atoms with E-state index in [1.165, 1.54) is 12.5 Å². The number of fused-ring (bicyclic) bond motifs is 2. The van der Waals surface area contributed by atoms with Crippen LogP contribution in [0.25, 0.3) is 21.8 Å². The van der Waals surface area contributed by atoms with Gasteiger partial charge in [-0.25, -0.2) is 9.67 Å². The Morgan fingerprint density at radius 2 is 1.83 bits per heavy atom. The minimum absolute atomic E-state index is 0.0861. The fourth-order valence-electron chi connectivity index (χ4n) is 3.82. The average Bonchev–Trinajstić information content (AvgIpc) is 3.29. The molecule has 0 saturated carbocycles. The van der Waals surface area contributed by atoms with E-state index in [1.807, 2.05) is 66.7 Å². The molecular weight excluding hydrogens is 510 g/mol. The molecule has 5 aromatic rings. The number of amides is 1. The molecule has 0 spiro atoms. The monoisotopic (exact) mass is 531 g/mol. The smallest absolute Gasteiger partial charge is 0.264 e. The van der Waals surface area contributed by atoms with E-state index in [0.717, 1.165) is 20.8 Å². The highest BCUT2D eigenvalue weighted by Crippen LogP contribution is 2.20. The lowest BCUT2D eigenvalue weighted by Gasteiger charge is -2.09. The molecule has 0 fully saturated rings. The summed E-state index contributed by atoms with van der Waals surface area (Å²) in [5.41, 5.74) is 1.33. The summed E-state index contributed by atoms with van der Waals surface area (Å²) in [4.78, 5) is 29.5. The lowest BCUT2D eigenvalue weighted by molar-refractivity contribution is -0.123. The van der Waals surface area contributed by atoms with Crippen molar-refractivity contribution >= 4 is 43.6 Å². The van der Waals surface area contributed by atoms with Crippen LogP contribution in [0.2, 0.25) is 0 Å². The van der Waals surface area contributed by atoms with Crippen molar-refractivity contribution < 1.29 is 9.53 Å². The van der Waals surface area contributed by atoms with Crippen LogP contribution in [0.15, 0.2) is 88.5 Å².